The lowest BCUT2D eigenvalue weighted by molar-refractivity contribution is -0.379. The summed E-state index contributed by atoms with van der Waals surface area (Å²) in [5, 5.41) is 121. The summed E-state index contributed by atoms with van der Waals surface area (Å²) in [5.74, 6) is -0.234. The lowest BCUT2D eigenvalue weighted by Crippen LogP contribution is -2.66. The second-order valence-electron chi connectivity index (χ2n) is 33.5. The Balaban J connectivity index is 1.30. The Hall–Kier alpha value is -1.99. The molecule has 654 valence electrons. The van der Waals surface area contributed by atoms with Crippen LogP contribution in [0.15, 0.2) is 36.5 Å². The van der Waals surface area contributed by atoms with Crippen molar-refractivity contribution in [3.05, 3.63) is 36.5 Å². The molecular weight excluding hydrogens is 1410 g/mol. The third-order valence-corrected chi connectivity index (χ3v) is 23.5. The monoisotopic (exact) mass is 1580 g/mol. The number of ether oxygens (including phenoxy) is 6. The van der Waals surface area contributed by atoms with E-state index in [4.69, 9.17) is 28.4 Å². The maximum Gasteiger partial charge on any atom is 0.220 e. The van der Waals surface area contributed by atoms with Gasteiger partial charge >= 0.3 is 0 Å². The van der Waals surface area contributed by atoms with Crippen LogP contribution in [0.5, 0.6) is 0 Å². The van der Waals surface area contributed by atoms with Crippen LogP contribution >= 0.6 is 0 Å². The number of nitrogens with one attached hydrogen (secondary N) is 1. The average Bonchev–Trinajstić information content (AvgIpc) is 0.779. The van der Waals surface area contributed by atoms with Gasteiger partial charge in [-0.3, -0.25) is 4.79 Å². The van der Waals surface area contributed by atoms with Gasteiger partial charge in [0.15, 0.2) is 18.9 Å². The summed E-state index contributed by atoms with van der Waals surface area (Å²) in [5.41, 5.74) is 0. The highest BCUT2D eigenvalue weighted by Gasteiger charge is 2.54. The van der Waals surface area contributed by atoms with Crippen molar-refractivity contribution in [1.29, 1.82) is 0 Å². The highest BCUT2D eigenvalue weighted by Crippen LogP contribution is 2.34. The number of rotatable bonds is 77. The number of carbonyl (C=O) groups is 1. The number of aliphatic hydroxyl groups excluding tert-OH is 11. The Morgan fingerprint density at radius 1 is 0.324 bits per heavy atom. The standard InChI is InChI=1S/C92H173NO18/c1-3-5-7-9-11-13-15-17-19-21-23-25-27-29-31-33-34-35-36-37-38-39-40-42-44-46-48-50-52-54-56-58-60-62-64-66-68-70-80(98)93-75(76(97)69-67-65-63-61-59-57-55-53-51-49-47-45-43-41-32-30-28-26-24-22-20-18-16-14-12-10-8-6-4-2)74-106-90-86(104)83(101)88(78(72-95)108-90)111-92-87(105)84(102)89(79(73-96)109-92)110-91-85(103)82(100)81(99)77(71-94)107-91/h15,17,21,23,27,29,75-79,81-92,94-97,99-105H,3-14,16,18-20,22,24-26,28,30-74H2,1-2H3,(H,93,98)/b17-15-,23-21-,29-27-. The van der Waals surface area contributed by atoms with Crippen LogP contribution in [0.3, 0.4) is 0 Å². The van der Waals surface area contributed by atoms with E-state index in [0.29, 0.717) is 12.8 Å². The second kappa shape index (κ2) is 72.1. The molecule has 3 rings (SSSR count). The van der Waals surface area contributed by atoms with Crippen LogP contribution in [0.2, 0.25) is 0 Å². The minimum atomic E-state index is -1.97. The normalized spacial score (nSPS) is 25.1. The second-order valence-corrected chi connectivity index (χ2v) is 33.5. The molecule has 0 saturated carbocycles. The zero-order valence-corrected chi connectivity index (χ0v) is 70.7. The van der Waals surface area contributed by atoms with E-state index in [-0.39, 0.29) is 18.9 Å². The molecular formula is C92H173NO18. The number of allylic oxidation sites excluding steroid dienone is 6. The third-order valence-electron chi connectivity index (χ3n) is 23.5. The molecule has 3 aliphatic heterocycles. The number of hydrogen-bond acceptors (Lipinski definition) is 18. The molecule has 3 saturated heterocycles. The summed E-state index contributed by atoms with van der Waals surface area (Å²) < 4.78 is 34.6. The predicted molar refractivity (Wildman–Crippen MR) is 448 cm³/mol. The molecule has 3 aliphatic rings. The first kappa shape index (κ1) is 103. The largest absolute Gasteiger partial charge is 0.394 e. The van der Waals surface area contributed by atoms with Crippen molar-refractivity contribution in [2.24, 2.45) is 0 Å². The van der Waals surface area contributed by atoms with Gasteiger partial charge in [0, 0.05) is 6.42 Å². The first-order chi connectivity index (χ1) is 54.3. The predicted octanol–water partition coefficient (Wildman–Crippen LogP) is 18.2. The van der Waals surface area contributed by atoms with Gasteiger partial charge in [0.25, 0.3) is 0 Å². The third kappa shape index (κ3) is 50.5. The van der Waals surface area contributed by atoms with Crippen molar-refractivity contribution in [3.8, 4) is 0 Å². The fourth-order valence-electron chi connectivity index (χ4n) is 16.0. The van der Waals surface area contributed by atoms with Crippen LogP contribution in [-0.4, -0.2) is 193 Å². The molecule has 17 atom stereocenters. The van der Waals surface area contributed by atoms with Gasteiger partial charge in [0.2, 0.25) is 5.91 Å². The summed E-state index contributed by atoms with van der Waals surface area (Å²) in [6, 6.07) is -0.888. The van der Waals surface area contributed by atoms with Gasteiger partial charge in [-0.05, 0) is 51.4 Å². The molecule has 0 aliphatic carbocycles. The van der Waals surface area contributed by atoms with E-state index in [1.807, 2.05) is 0 Å². The van der Waals surface area contributed by atoms with Gasteiger partial charge < -0.3 is 89.9 Å². The number of carbonyl (C=O) groups excluding carboxylic acids is 1. The summed E-state index contributed by atoms with van der Waals surface area (Å²) in [6.45, 7) is 1.86. The average molecular weight is 1580 g/mol. The van der Waals surface area contributed by atoms with Crippen LogP contribution in [0, 0.1) is 0 Å². The highest BCUT2D eigenvalue weighted by molar-refractivity contribution is 5.76. The zero-order chi connectivity index (χ0) is 80.3. The van der Waals surface area contributed by atoms with Gasteiger partial charge in [0.1, 0.15) is 73.2 Å². The van der Waals surface area contributed by atoms with E-state index in [2.05, 4.69) is 55.6 Å². The molecule has 0 aromatic rings. The Morgan fingerprint density at radius 2 is 0.595 bits per heavy atom. The molecule has 111 heavy (non-hydrogen) atoms. The van der Waals surface area contributed by atoms with E-state index < -0.39 is 124 Å². The Kier molecular flexibility index (Phi) is 67.0. The fraction of sp³-hybridized carbons (Fsp3) is 0.924. The van der Waals surface area contributed by atoms with Crippen molar-refractivity contribution in [1.82, 2.24) is 5.32 Å². The maximum atomic E-state index is 13.6. The topological polar surface area (TPSA) is 307 Å². The van der Waals surface area contributed by atoms with Gasteiger partial charge in [0.05, 0.1) is 38.6 Å². The van der Waals surface area contributed by atoms with Gasteiger partial charge in [-0.15, -0.1) is 0 Å². The quantitative estimate of drug-likeness (QED) is 0.0199. The SMILES string of the molecule is CCCCCCC/C=C\C/C=C\C/C=C\CCCCCCCCCCCCCCCCCCCCCCCCC(=O)NC(COC1OC(CO)C(OC2OC(CO)C(OC3OC(CO)C(O)C(O)C3O)C(O)C2O)C(O)C1O)C(O)CCCCCCCCCCCCCCCCCCCCCCCCCCCCCCC. The molecule has 19 nitrogen and oxygen atoms in total. The molecule has 0 aromatic carbocycles. The summed E-state index contributed by atoms with van der Waals surface area (Å²) in [4.78, 5) is 13.6. The van der Waals surface area contributed by atoms with Crippen LogP contribution in [-0.2, 0) is 33.2 Å². The molecule has 3 heterocycles. The smallest absolute Gasteiger partial charge is 0.220 e. The number of amides is 1. The fourth-order valence-corrected chi connectivity index (χ4v) is 16.0. The van der Waals surface area contributed by atoms with E-state index in [1.54, 1.807) is 0 Å². The van der Waals surface area contributed by atoms with Crippen LogP contribution < -0.4 is 5.32 Å². The van der Waals surface area contributed by atoms with Crippen molar-refractivity contribution in [2.45, 2.75) is 516 Å². The molecule has 0 aromatic heterocycles. The number of hydrogen-bond donors (Lipinski definition) is 12. The van der Waals surface area contributed by atoms with E-state index in [1.165, 1.54) is 321 Å². The van der Waals surface area contributed by atoms with Gasteiger partial charge in [-0.1, -0.05) is 391 Å². The van der Waals surface area contributed by atoms with E-state index in [0.717, 1.165) is 57.8 Å². The zero-order valence-electron chi connectivity index (χ0n) is 70.7. The Morgan fingerprint density at radius 3 is 0.928 bits per heavy atom. The molecule has 3 fully saturated rings. The van der Waals surface area contributed by atoms with Crippen molar-refractivity contribution < 1.29 is 89.4 Å². The molecule has 17 unspecified atom stereocenters. The van der Waals surface area contributed by atoms with E-state index >= 15 is 0 Å². The van der Waals surface area contributed by atoms with Gasteiger partial charge in [-0.25, -0.2) is 0 Å². The first-order valence-corrected chi connectivity index (χ1v) is 46.7. The van der Waals surface area contributed by atoms with Crippen molar-refractivity contribution in [3.63, 3.8) is 0 Å². The minimum Gasteiger partial charge on any atom is -0.394 e. The van der Waals surface area contributed by atoms with Crippen molar-refractivity contribution in [2.75, 3.05) is 26.4 Å². The maximum absolute atomic E-state index is 13.6. The van der Waals surface area contributed by atoms with E-state index in [9.17, 15) is 61.0 Å². The van der Waals surface area contributed by atoms with Gasteiger partial charge in [-0.2, -0.15) is 0 Å². The first-order valence-electron chi connectivity index (χ1n) is 46.7. The van der Waals surface area contributed by atoms with Crippen LogP contribution in [0.1, 0.15) is 412 Å². The Bertz CT molecular complexity index is 2140. The van der Waals surface area contributed by atoms with Crippen LogP contribution in [0.4, 0.5) is 0 Å². The molecule has 0 bridgehead atoms. The summed E-state index contributed by atoms with van der Waals surface area (Å²) in [7, 11) is 0. The number of aliphatic hydroxyl groups is 11. The lowest BCUT2D eigenvalue weighted by atomic mass is 9.96. The molecule has 12 N–H and O–H groups in total. The molecule has 1 amide bonds. The minimum absolute atomic E-state index is 0.234. The molecule has 0 radical (unpaired) electrons. The Labute approximate surface area is 676 Å². The summed E-state index contributed by atoms with van der Waals surface area (Å²) in [6.07, 6.45) is 65.5. The highest BCUT2D eigenvalue weighted by atomic mass is 16.8. The van der Waals surface area contributed by atoms with Crippen molar-refractivity contribution >= 4 is 5.91 Å². The summed E-state index contributed by atoms with van der Waals surface area (Å²) >= 11 is 0. The van der Waals surface area contributed by atoms with Crippen LogP contribution in [0.25, 0.3) is 0 Å². The molecule has 19 heteroatoms. The molecule has 0 spiro atoms. The lowest BCUT2D eigenvalue weighted by Gasteiger charge is -2.48. The number of unbranched alkanes of at least 4 members (excludes halogenated alkanes) is 55.